The molecule has 0 aliphatic carbocycles. The molecule has 0 fully saturated rings. The number of fused-ring (bicyclic) bond motifs is 1. The standard InChI is InChI=1S/C11H13ClN4/c1-11(2,3)8(12)4-7-9-10(15-5-13-7)16-6-14-9/h4-6H,1-3H3,(H,13,14,15,16)/b8-4+. The van der Waals surface area contributed by atoms with Gasteiger partial charge in [-0.1, -0.05) is 32.4 Å². The summed E-state index contributed by atoms with van der Waals surface area (Å²) in [7, 11) is 0. The second-order valence-corrected chi connectivity index (χ2v) is 5.01. The topological polar surface area (TPSA) is 54.5 Å². The SMILES string of the molecule is CC(C)(C)/C(Cl)=C\c1ncnc2nc[nH]c12. The molecular weight excluding hydrogens is 224 g/mol. The third kappa shape index (κ3) is 2.07. The molecule has 0 saturated carbocycles. The Labute approximate surface area is 98.8 Å². The number of allylic oxidation sites excluding steroid dienone is 1. The number of nitrogens with zero attached hydrogens (tertiary/aromatic N) is 3. The van der Waals surface area contributed by atoms with E-state index in [1.54, 1.807) is 6.33 Å². The first-order valence-corrected chi connectivity index (χ1v) is 5.38. The molecule has 0 bridgehead atoms. The number of hydrogen-bond donors (Lipinski definition) is 1. The highest BCUT2D eigenvalue weighted by Gasteiger charge is 2.15. The largest absolute Gasteiger partial charge is 0.341 e. The van der Waals surface area contributed by atoms with E-state index >= 15 is 0 Å². The van der Waals surface area contributed by atoms with Gasteiger partial charge in [0.1, 0.15) is 11.8 Å². The molecule has 1 N–H and O–H groups in total. The van der Waals surface area contributed by atoms with Crippen molar-refractivity contribution in [2.24, 2.45) is 5.41 Å². The van der Waals surface area contributed by atoms with E-state index in [4.69, 9.17) is 11.6 Å². The molecule has 2 rings (SSSR count). The summed E-state index contributed by atoms with van der Waals surface area (Å²) in [6, 6.07) is 0. The average molecular weight is 237 g/mol. The van der Waals surface area contributed by atoms with Gasteiger partial charge in [-0.25, -0.2) is 15.0 Å². The Kier molecular flexibility index (Phi) is 2.68. The van der Waals surface area contributed by atoms with Crippen LogP contribution in [-0.2, 0) is 0 Å². The lowest BCUT2D eigenvalue weighted by Crippen LogP contribution is -2.04. The predicted octanol–water partition coefficient (Wildman–Crippen LogP) is 2.98. The molecule has 0 aromatic carbocycles. The number of aromatic nitrogens is 4. The van der Waals surface area contributed by atoms with Crippen molar-refractivity contribution in [1.82, 2.24) is 19.9 Å². The van der Waals surface area contributed by atoms with Gasteiger partial charge in [0.25, 0.3) is 0 Å². The van der Waals surface area contributed by atoms with Crippen molar-refractivity contribution in [2.45, 2.75) is 20.8 Å². The Balaban J connectivity index is 2.52. The van der Waals surface area contributed by atoms with Crippen LogP contribution < -0.4 is 0 Å². The molecule has 2 heterocycles. The molecule has 0 radical (unpaired) electrons. The summed E-state index contributed by atoms with van der Waals surface area (Å²) >= 11 is 6.23. The number of hydrogen-bond acceptors (Lipinski definition) is 3. The molecule has 2 aromatic heterocycles. The van der Waals surface area contributed by atoms with E-state index in [9.17, 15) is 0 Å². The number of aromatic amines is 1. The highest BCUT2D eigenvalue weighted by molar-refractivity contribution is 6.32. The molecule has 84 valence electrons. The maximum atomic E-state index is 6.23. The van der Waals surface area contributed by atoms with E-state index in [-0.39, 0.29) is 5.41 Å². The van der Waals surface area contributed by atoms with Crippen molar-refractivity contribution < 1.29 is 0 Å². The molecular formula is C11H13ClN4. The second kappa shape index (κ2) is 3.87. The van der Waals surface area contributed by atoms with Gasteiger partial charge >= 0.3 is 0 Å². The summed E-state index contributed by atoms with van der Waals surface area (Å²) in [4.78, 5) is 15.3. The molecule has 0 amide bonds. The number of halogens is 1. The zero-order chi connectivity index (χ0) is 11.8. The molecule has 0 spiro atoms. The fraction of sp³-hybridized carbons (Fsp3) is 0.364. The molecule has 2 aromatic rings. The van der Waals surface area contributed by atoms with Crippen molar-refractivity contribution in [3.63, 3.8) is 0 Å². The minimum absolute atomic E-state index is 0.0845. The normalized spacial score (nSPS) is 13.4. The van der Waals surface area contributed by atoms with Crippen molar-refractivity contribution in [3.8, 4) is 0 Å². The van der Waals surface area contributed by atoms with E-state index in [2.05, 4.69) is 40.7 Å². The van der Waals surface area contributed by atoms with Crippen molar-refractivity contribution >= 4 is 28.8 Å². The summed E-state index contributed by atoms with van der Waals surface area (Å²) in [5.74, 6) is 0. The fourth-order valence-corrected chi connectivity index (χ4v) is 1.33. The van der Waals surface area contributed by atoms with Gasteiger partial charge in [-0.15, -0.1) is 0 Å². The molecule has 0 atom stereocenters. The first-order valence-electron chi connectivity index (χ1n) is 5.00. The molecule has 0 aliphatic rings. The summed E-state index contributed by atoms with van der Waals surface area (Å²) in [6.45, 7) is 6.16. The molecule has 4 nitrogen and oxygen atoms in total. The van der Waals surface area contributed by atoms with Crippen LogP contribution in [0, 0.1) is 5.41 Å². The summed E-state index contributed by atoms with van der Waals surface area (Å²) in [5, 5.41) is 0.752. The highest BCUT2D eigenvalue weighted by Crippen LogP contribution is 2.30. The van der Waals surface area contributed by atoms with Crippen molar-refractivity contribution in [2.75, 3.05) is 0 Å². The molecule has 16 heavy (non-hydrogen) atoms. The zero-order valence-corrected chi connectivity index (χ0v) is 10.2. The van der Waals surface area contributed by atoms with Gasteiger partial charge in [0.2, 0.25) is 0 Å². The van der Waals surface area contributed by atoms with Gasteiger partial charge in [0, 0.05) is 5.03 Å². The fourth-order valence-electron chi connectivity index (χ4n) is 1.23. The van der Waals surface area contributed by atoms with Crippen LogP contribution in [0.4, 0.5) is 0 Å². The summed E-state index contributed by atoms with van der Waals surface area (Å²) < 4.78 is 0. The Morgan fingerprint density at radius 2 is 2.06 bits per heavy atom. The van der Waals surface area contributed by atoms with E-state index in [1.165, 1.54) is 6.33 Å². The predicted molar refractivity (Wildman–Crippen MR) is 65.0 cm³/mol. The molecule has 0 saturated heterocycles. The molecule has 0 unspecified atom stereocenters. The molecule has 5 heteroatoms. The Hall–Kier alpha value is -1.42. The van der Waals surface area contributed by atoms with Gasteiger partial charge in [-0.05, 0) is 11.5 Å². The van der Waals surface area contributed by atoms with E-state index in [1.807, 2.05) is 6.08 Å². The summed E-state index contributed by atoms with van der Waals surface area (Å²) in [6.07, 6.45) is 4.94. The van der Waals surface area contributed by atoms with Gasteiger partial charge in [-0.2, -0.15) is 0 Å². The van der Waals surface area contributed by atoms with E-state index in [0.29, 0.717) is 5.65 Å². The quantitative estimate of drug-likeness (QED) is 0.828. The lowest BCUT2D eigenvalue weighted by Gasteiger charge is -2.16. The van der Waals surface area contributed by atoms with Crippen LogP contribution in [0.3, 0.4) is 0 Å². The maximum Gasteiger partial charge on any atom is 0.181 e. The second-order valence-electron chi connectivity index (χ2n) is 4.60. The van der Waals surface area contributed by atoms with Crippen LogP contribution in [0.2, 0.25) is 0 Å². The third-order valence-corrected chi connectivity index (χ3v) is 2.91. The maximum absolute atomic E-state index is 6.23. The number of H-pyrrole nitrogens is 1. The minimum atomic E-state index is -0.0845. The van der Waals surface area contributed by atoms with Gasteiger partial charge < -0.3 is 4.98 Å². The smallest absolute Gasteiger partial charge is 0.181 e. The van der Waals surface area contributed by atoms with E-state index < -0.39 is 0 Å². The minimum Gasteiger partial charge on any atom is -0.341 e. The van der Waals surface area contributed by atoms with Gasteiger partial charge in [-0.3, -0.25) is 0 Å². The lowest BCUT2D eigenvalue weighted by atomic mass is 9.95. The Bertz CT molecular complexity index is 536. The lowest BCUT2D eigenvalue weighted by molar-refractivity contribution is 0.534. The number of nitrogens with one attached hydrogen (secondary N) is 1. The van der Waals surface area contributed by atoms with Crippen LogP contribution >= 0.6 is 11.6 Å². The van der Waals surface area contributed by atoms with Crippen LogP contribution in [0.1, 0.15) is 26.5 Å². The number of rotatable bonds is 1. The Morgan fingerprint density at radius 1 is 1.31 bits per heavy atom. The van der Waals surface area contributed by atoms with E-state index in [0.717, 1.165) is 16.2 Å². The van der Waals surface area contributed by atoms with Crippen LogP contribution in [0.5, 0.6) is 0 Å². The Morgan fingerprint density at radius 3 is 2.75 bits per heavy atom. The van der Waals surface area contributed by atoms with Gasteiger partial charge in [0.15, 0.2) is 5.65 Å². The monoisotopic (exact) mass is 236 g/mol. The number of imidazole rings is 1. The van der Waals surface area contributed by atoms with Crippen LogP contribution in [0.15, 0.2) is 17.7 Å². The van der Waals surface area contributed by atoms with Crippen LogP contribution in [-0.4, -0.2) is 19.9 Å². The average Bonchev–Trinajstić information content (AvgIpc) is 2.65. The van der Waals surface area contributed by atoms with Gasteiger partial charge in [0.05, 0.1) is 12.0 Å². The third-order valence-electron chi connectivity index (χ3n) is 2.23. The first kappa shape index (κ1) is 11.1. The van der Waals surface area contributed by atoms with Crippen molar-refractivity contribution in [1.29, 1.82) is 0 Å². The molecule has 0 aliphatic heterocycles. The van der Waals surface area contributed by atoms with Crippen molar-refractivity contribution in [3.05, 3.63) is 23.4 Å². The summed E-state index contributed by atoms with van der Waals surface area (Å²) in [5.41, 5.74) is 2.14. The zero-order valence-electron chi connectivity index (χ0n) is 9.45. The first-order chi connectivity index (χ1) is 7.48. The highest BCUT2D eigenvalue weighted by atomic mass is 35.5. The van der Waals surface area contributed by atoms with Crippen LogP contribution in [0.25, 0.3) is 17.2 Å².